The minimum Gasteiger partial charge on any atom is -0.368 e. The lowest BCUT2D eigenvalue weighted by molar-refractivity contribution is -0.140. The predicted molar refractivity (Wildman–Crippen MR) is 135 cm³/mol. The van der Waals surface area contributed by atoms with E-state index in [-0.39, 0.29) is 35.5 Å². The van der Waals surface area contributed by atoms with E-state index in [1.807, 2.05) is 23.1 Å². The number of piperazine rings is 1. The molecule has 34 heavy (non-hydrogen) atoms. The van der Waals surface area contributed by atoms with E-state index in [4.69, 9.17) is 0 Å². The molecule has 5 nitrogen and oxygen atoms in total. The Morgan fingerprint density at radius 3 is 2.44 bits per heavy atom. The standard InChI is InChI=1S/C27H30FN3O2S/c28-22-11-5-4-8-20(22)18-25-27(33)31(23-12-6-7-13-24(23)34-25)19-26(32)30-16-14-29(15-17-30)21-9-2-1-3-10-21/h1-5,8-11,18,23-24H,6-7,12-17,19H2/b25-18-. The molecular formula is C27H30FN3O2S. The predicted octanol–water partition coefficient (Wildman–Crippen LogP) is 4.40. The molecule has 2 saturated heterocycles. The molecule has 0 aromatic heterocycles. The van der Waals surface area contributed by atoms with Crippen molar-refractivity contribution in [1.29, 1.82) is 0 Å². The van der Waals surface area contributed by atoms with Gasteiger partial charge in [-0.1, -0.05) is 49.2 Å². The normalized spacial score (nSPS) is 24.3. The summed E-state index contributed by atoms with van der Waals surface area (Å²) in [5.41, 5.74) is 1.58. The smallest absolute Gasteiger partial charge is 0.261 e. The first-order valence-electron chi connectivity index (χ1n) is 12.1. The van der Waals surface area contributed by atoms with E-state index >= 15 is 0 Å². The fraction of sp³-hybridized carbons (Fsp3) is 0.407. The van der Waals surface area contributed by atoms with Crippen LogP contribution in [0.1, 0.15) is 31.2 Å². The molecule has 2 heterocycles. The van der Waals surface area contributed by atoms with Gasteiger partial charge in [-0.2, -0.15) is 0 Å². The van der Waals surface area contributed by atoms with Gasteiger partial charge < -0.3 is 14.7 Å². The van der Waals surface area contributed by atoms with Gasteiger partial charge in [-0.15, -0.1) is 11.8 Å². The van der Waals surface area contributed by atoms with Crippen molar-refractivity contribution in [3.63, 3.8) is 0 Å². The summed E-state index contributed by atoms with van der Waals surface area (Å²) in [6.45, 7) is 2.96. The first kappa shape index (κ1) is 23.0. The van der Waals surface area contributed by atoms with Gasteiger partial charge in [0.15, 0.2) is 0 Å². The highest BCUT2D eigenvalue weighted by Gasteiger charge is 2.41. The molecule has 0 bridgehead atoms. The largest absolute Gasteiger partial charge is 0.368 e. The summed E-state index contributed by atoms with van der Waals surface area (Å²) in [6.07, 6.45) is 5.78. The Labute approximate surface area is 204 Å². The van der Waals surface area contributed by atoms with Gasteiger partial charge in [-0.3, -0.25) is 9.59 Å². The van der Waals surface area contributed by atoms with Gasteiger partial charge in [0.05, 0.1) is 4.91 Å². The first-order valence-corrected chi connectivity index (χ1v) is 13.0. The number of carbonyl (C=O) groups is 2. The van der Waals surface area contributed by atoms with Crippen molar-refractivity contribution in [2.75, 3.05) is 37.6 Å². The fourth-order valence-electron chi connectivity index (χ4n) is 5.19. The van der Waals surface area contributed by atoms with Crippen LogP contribution in [0.5, 0.6) is 0 Å². The van der Waals surface area contributed by atoms with Crippen LogP contribution in [-0.4, -0.2) is 65.6 Å². The Hall–Kier alpha value is -2.80. The van der Waals surface area contributed by atoms with Crippen molar-refractivity contribution < 1.29 is 14.0 Å². The number of carbonyl (C=O) groups excluding carboxylic acids is 2. The molecule has 2 aromatic rings. The molecule has 0 radical (unpaired) electrons. The highest BCUT2D eigenvalue weighted by Crippen LogP contribution is 2.42. The minimum atomic E-state index is -0.340. The quantitative estimate of drug-likeness (QED) is 0.610. The fourth-order valence-corrected chi connectivity index (χ4v) is 6.66. The SMILES string of the molecule is O=C(CN1C(=O)/C(=C/c2ccccc2F)SC2CCCCC21)N1CCN(c2ccccc2)CC1. The van der Waals surface area contributed by atoms with Crippen molar-refractivity contribution in [2.45, 2.75) is 37.0 Å². The van der Waals surface area contributed by atoms with Crippen LogP contribution in [0.15, 0.2) is 59.5 Å². The Morgan fingerprint density at radius 1 is 0.971 bits per heavy atom. The number of halogens is 1. The van der Waals surface area contributed by atoms with Crippen LogP contribution in [0.25, 0.3) is 6.08 Å². The first-order chi connectivity index (χ1) is 16.6. The molecule has 0 N–H and O–H groups in total. The van der Waals surface area contributed by atoms with E-state index in [1.54, 1.807) is 40.9 Å². The Morgan fingerprint density at radius 2 is 1.68 bits per heavy atom. The zero-order chi connectivity index (χ0) is 23.5. The molecule has 2 unspecified atom stereocenters. The summed E-state index contributed by atoms with van der Waals surface area (Å²) in [5.74, 6) is -0.483. The van der Waals surface area contributed by atoms with Crippen LogP contribution < -0.4 is 4.90 Å². The third kappa shape index (κ3) is 4.85. The number of fused-ring (bicyclic) bond motifs is 1. The molecule has 2 aliphatic heterocycles. The van der Waals surface area contributed by atoms with Gasteiger partial charge in [-0.05, 0) is 37.1 Å². The van der Waals surface area contributed by atoms with Gasteiger partial charge >= 0.3 is 0 Å². The second kappa shape index (κ2) is 10.2. The number of benzene rings is 2. The van der Waals surface area contributed by atoms with E-state index < -0.39 is 0 Å². The summed E-state index contributed by atoms with van der Waals surface area (Å²) in [4.78, 5) is 33.2. The maximum atomic E-state index is 14.3. The van der Waals surface area contributed by atoms with Crippen molar-refractivity contribution in [3.8, 4) is 0 Å². The van der Waals surface area contributed by atoms with Crippen LogP contribution in [0, 0.1) is 5.82 Å². The van der Waals surface area contributed by atoms with Gasteiger partial charge in [0.1, 0.15) is 12.4 Å². The van der Waals surface area contributed by atoms with Crippen molar-refractivity contribution in [3.05, 3.63) is 70.9 Å². The molecule has 178 valence electrons. The second-order valence-corrected chi connectivity index (χ2v) is 10.5. The van der Waals surface area contributed by atoms with Crippen LogP contribution in [0.3, 0.4) is 0 Å². The van der Waals surface area contributed by atoms with Crippen LogP contribution >= 0.6 is 11.8 Å². The van der Waals surface area contributed by atoms with Crippen molar-refractivity contribution in [1.82, 2.24) is 9.80 Å². The van der Waals surface area contributed by atoms with E-state index in [9.17, 15) is 14.0 Å². The van der Waals surface area contributed by atoms with Gasteiger partial charge in [0.25, 0.3) is 5.91 Å². The van der Waals surface area contributed by atoms with Gasteiger partial charge in [0, 0.05) is 48.7 Å². The maximum absolute atomic E-state index is 14.3. The number of hydrogen-bond acceptors (Lipinski definition) is 4. The molecule has 7 heteroatoms. The molecule has 1 saturated carbocycles. The molecule has 3 aliphatic rings. The molecule has 5 rings (SSSR count). The zero-order valence-electron chi connectivity index (χ0n) is 19.2. The van der Waals surface area contributed by atoms with Crippen molar-refractivity contribution >= 4 is 35.3 Å². The Bertz CT molecular complexity index is 1070. The number of hydrogen-bond donors (Lipinski definition) is 0. The summed E-state index contributed by atoms with van der Waals surface area (Å²) < 4.78 is 14.3. The summed E-state index contributed by atoms with van der Waals surface area (Å²) in [6, 6.07) is 16.8. The molecule has 3 fully saturated rings. The Kier molecular flexibility index (Phi) is 6.90. The van der Waals surface area contributed by atoms with E-state index in [0.29, 0.717) is 23.6 Å². The number of para-hydroxylation sites is 1. The van der Waals surface area contributed by atoms with Gasteiger partial charge in [0.2, 0.25) is 5.91 Å². The number of amides is 2. The summed E-state index contributed by atoms with van der Waals surface area (Å²) in [5, 5.41) is 0.257. The number of nitrogens with zero attached hydrogens (tertiary/aromatic N) is 3. The van der Waals surface area contributed by atoms with Gasteiger partial charge in [-0.25, -0.2) is 4.39 Å². The topological polar surface area (TPSA) is 43.9 Å². The second-order valence-electron chi connectivity index (χ2n) is 9.17. The summed E-state index contributed by atoms with van der Waals surface area (Å²) >= 11 is 1.56. The van der Waals surface area contributed by atoms with Crippen LogP contribution in [-0.2, 0) is 9.59 Å². The van der Waals surface area contributed by atoms with E-state index in [1.165, 1.54) is 11.8 Å². The third-order valence-electron chi connectivity index (χ3n) is 7.07. The average molecular weight is 480 g/mol. The third-order valence-corrected chi connectivity index (χ3v) is 8.47. The average Bonchev–Trinajstić information content (AvgIpc) is 2.88. The molecular weight excluding hydrogens is 449 g/mol. The molecule has 2 atom stereocenters. The number of thioether (sulfide) groups is 1. The molecule has 0 spiro atoms. The number of anilines is 1. The monoisotopic (exact) mass is 479 g/mol. The number of rotatable bonds is 4. The lowest BCUT2D eigenvalue weighted by Crippen LogP contribution is -2.57. The summed E-state index contributed by atoms with van der Waals surface area (Å²) in [7, 11) is 0. The lowest BCUT2D eigenvalue weighted by atomic mass is 9.93. The highest BCUT2D eigenvalue weighted by atomic mass is 32.2. The van der Waals surface area contributed by atoms with Crippen molar-refractivity contribution in [2.24, 2.45) is 0 Å². The molecule has 2 aromatic carbocycles. The molecule has 1 aliphatic carbocycles. The zero-order valence-corrected chi connectivity index (χ0v) is 20.1. The van der Waals surface area contributed by atoms with E-state index in [2.05, 4.69) is 17.0 Å². The highest BCUT2D eigenvalue weighted by molar-refractivity contribution is 8.04. The minimum absolute atomic E-state index is 0.00234. The van der Waals surface area contributed by atoms with Crippen LogP contribution in [0.4, 0.5) is 10.1 Å². The Balaban J connectivity index is 1.29. The lowest BCUT2D eigenvalue weighted by Gasteiger charge is -2.45. The maximum Gasteiger partial charge on any atom is 0.261 e. The van der Waals surface area contributed by atoms with Crippen LogP contribution in [0.2, 0.25) is 0 Å². The molecule has 2 amide bonds. The van der Waals surface area contributed by atoms with E-state index in [0.717, 1.165) is 38.8 Å².